The predicted molar refractivity (Wildman–Crippen MR) is 137 cm³/mol. The van der Waals surface area contributed by atoms with Crippen molar-refractivity contribution in [1.29, 1.82) is 0 Å². The largest absolute Gasteiger partial charge is 0.489 e. The lowest BCUT2D eigenvalue weighted by Crippen LogP contribution is -2.48. The molecular weight excluding hydrogens is 438 g/mol. The fraction of sp³-hybridized carbons (Fsp3) is 0.276. The molecule has 4 aromatic rings. The van der Waals surface area contributed by atoms with Gasteiger partial charge in [-0.15, -0.1) is 0 Å². The molecule has 2 heterocycles. The maximum atomic E-state index is 13.0. The molecule has 6 heteroatoms. The monoisotopic (exact) mass is 469 g/mol. The van der Waals surface area contributed by atoms with Crippen LogP contribution in [0.5, 0.6) is 5.75 Å². The SMILES string of the molecule is O=C(N[C@@H]1CN(Cc2c[nH]c3ccccc23)CCC[C@H]1O)c1ccc(OCc2ccccc2)cc1. The van der Waals surface area contributed by atoms with Crippen LogP contribution in [0.3, 0.4) is 0 Å². The molecule has 1 aliphatic heterocycles. The van der Waals surface area contributed by atoms with Crippen LogP contribution in [0, 0.1) is 0 Å². The number of hydrogen-bond acceptors (Lipinski definition) is 4. The summed E-state index contributed by atoms with van der Waals surface area (Å²) < 4.78 is 5.82. The Morgan fingerprint density at radius 3 is 2.63 bits per heavy atom. The number of benzene rings is 3. The van der Waals surface area contributed by atoms with Crippen LogP contribution in [0.1, 0.15) is 34.3 Å². The van der Waals surface area contributed by atoms with Gasteiger partial charge in [-0.2, -0.15) is 0 Å². The Hall–Kier alpha value is -3.61. The zero-order chi connectivity index (χ0) is 24.0. The summed E-state index contributed by atoms with van der Waals surface area (Å²) in [5, 5.41) is 15.0. The van der Waals surface area contributed by atoms with Crippen LogP contribution in [-0.2, 0) is 13.2 Å². The third-order valence-corrected chi connectivity index (χ3v) is 6.64. The van der Waals surface area contributed by atoms with Gasteiger partial charge in [-0.25, -0.2) is 0 Å². The molecule has 180 valence electrons. The second kappa shape index (κ2) is 10.8. The van der Waals surface area contributed by atoms with E-state index >= 15 is 0 Å². The predicted octanol–water partition coefficient (Wildman–Crippen LogP) is 4.50. The van der Waals surface area contributed by atoms with Gasteiger partial charge in [-0.05, 0) is 60.8 Å². The minimum Gasteiger partial charge on any atom is -0.489 e. The number of fused-ring (bicyclic) bond motifs is 1. The van der Waals surface area contributed by atoms with Crippen LogP contribution in [0.4, 0.5) is 0 Å². The Balaban J connectivity index is 1.20. The van der Waals surface area contributed by atoms with Gasteiger partial charge in [0.1, 0.15) is 12.4 Å². The number of aliphatic hydroxyl groups is 1. The van der Waals surface area contributed by atoms with E-state index in [2.05, 4.69) is 33.5 Å². The summed E-state index contributed by atoms with van der Waals surface area (Å²) in [6, 6.07) is 25.1. The van der Waals surface area contributed by atoms with E-state index in [-0.39, 0.29) is 11.9 Å². The van der Waals surface area contributed by atoms with Gasteiger partial charge in [0.25, 0.3) is 5.91 Å². The van der Waals surface area contributed by atoms with Crippen molar-refractivity contribution in [2.24, 2.45) is 0 Å². The number of H-pyrrole nitrogens is 1. The van der Waals surface area contributed by atoms with Gasteiger partial charge in [0.05, 0.1) is 12.1 Å². The van der Waals surface area contributed by atoms with Crippen molar-refractivity contribution in [2.75, 3.05) is 13.1 Å². The highest BCUT2D eigenvalue weighted by Gasteiger charge is 2.27. The van der Waals surface area contributed by atoms with Crippen molar-refractivity contribution in [3.8, 4) is 5.75 Å². The van der Waals surface area contributed by atoms with Crippen molar-refractivity contribution in [3.05, 3.63) is 102 Å². The standard InChI is InChI=1S/C29H31N3O3/c33-28-11-6-16-32(18-23-17-30-26-10-5-4-9-25(23)26)19-27(28)31-29(34)22-12-14-24(15-13-22)35-20-21-7-2-1-3-8-21/h1-5,7-10,12-15,17,27-28,30,33H,6,11,16,18-20H2,(H,31,34)/t27-,28-/m1/s1. The van der Waals surface area contributed by atoms with E-state index in [1.165, 1.54) is 10.9 Å². The molecule has 35 heavy (non-hydrogen) atoms. The summed E-state index contributed by atoms with van der Waals surface area (Å²) in [5.74, 6) is 0.530. The molecule has 2 atom stereocenters. The molecule has 6 nitrogen and oxygen atoms in total. The third-order valence-electron chi connectivity index (χ3n) is 6.64. The number of nitrogens with zero attached hydrogens (tertiary/aromatic N) is 1. The number of amides is 1. The van der Waals surface area contributed by atoms with Gasteiger partial charge in [0, 0.05) is 35.8 Å². The highest BCUT2D eigenvalue weighted by atomic mass is 16.5. The van der Waals surface area contributed by atoms with E-state index in [4.69, 9.17) is 4.74 Å². The number of aromatic nitrogens is 1. The van der Waals surface area contributed by atoms with Crippen molar-refractivity contribution in [3.63, 3.8) is 0 Å². The van der Waals surface area contributed by atoms with Gasteiger partial charge < -0.3 is 20.1 Å². The number of aliphatic hydroxyl groups excluding tert-OH is 1. The summed E-state index contributed by atoms with van der Waals surface area (Å²) in [4.78, 5) is 18.6. The number of rotatable bonds is 7. The second-order valence-corrected chi connectivity index (χ2v) is 9.18. The van der Waals surface area contributed by atoms with Crippen molar-refractivity contribution >= 4 is 16.8 Å². The Morgan fingerprint density at radius 2 is 1.80 bits per heavy atom. The summed E-state index contributed by atoms with van der Waals surface area (Å²) in [6.07, 6.45) is 3.05. The molecule has 1 saturated heterocycles. The number of nitrogens with one attached hydrogen (secondary N) is 2. The average molecular weight is 470 g/mol. The third kappa shape index (κ3) is 5.73. The first-order valence-electron chi connectivity index (χ1n) is 12.2. The van der Waals surface area contributed by atoms with Crippen molar-refractivity contribution < 1.29 is 14.6 Å². The molecule has 3 aromatic carbocycles. The van der Waals surface area contributed by atoms with E-state index in [9.17, 15) is 9.90 Å². The minimum absolute atomic E-state index is 0.183. The summed E-state index contributed by atoms with van der Waals surface area (Å²) in [6.45, 7) is 2.74. The molecule has 1 aromatic heterocycles. The number of hydrogen-bond donors (Lipinski definition) is 3. The lowest BCUT2D eigenvalue weighted by Gasteiger charge is -2.27. The number of carbonyl (C=O) groups excluding carboxylic acids is 1. The molecule has 0 radical (unpaired) electrons. The van der Waals surface area contributed by atoms with Gasteiger partial charge in [0.2, 0.25) is 0 Å². The first-order valence-corrected chi connectivity index (χ1v) is 12.2. The molecule has 1 amide bonds. The molecule has 3 N–H and O–H groups in total. The lowest BCUT2D eigenvalue weighted by molar-refractivity contribution is 0.0798. The van der Waals surface area contributed by atoms with Crippen molar-refractivity contribution in [1.82, 2.24) is 15.2 Å². The van der Waals surface area contributed by atoms with Crippen molar-refractivity contribution in [2.45, 2.75) is 38.1 Å². The Bertz CT molecular complexity index is 1250. The van der Waals surface area contributed by atoms with E-state index < -0.39 is 6.10 Å². The fourth-order valence-corrected chi connectivity index (χ4v) is 4.70. The zero-order valence-electron chi connectivity index (χ0n) is 19.7. The van der Waals surface area contributed by atoms with E-state index in [1.54, 1.807) is 12.1 Å². The number of para-hydroxylation sites is 1. The molecule has 1 fully saturated rings. The fourth-order valence-electron chi connectivity index (χ4n) is 4.70. The quantitative estimate of drug-likeness (QED) is 0.372. The first-order chi connectivity index (χ1) is 17.2. The van der Waals surface area contributed by atoms with E-state index in [0.29, 0.717) is 30.9 Å². The summed E-state index contributed by atoms with van der Waals surface area (Å²) in [7, 11) is 0. The molecule has 1 aliphatic rings. The molecule has 0 unspecified atom stereocenters. The zero-order valence-corrected chi connectivity index (χ0v) is 19.7. The summed E-state index contributed by atoms with van der Waals surface area (Å²) >= 11 is 0. The van der Waals surface area contributed by atoms with Gasteiger partial charge in [-0.3, -0.25) is 9.69 Å². The number of likely N-dealkylation sites (tertiary alicyclic amines) is 1. The number of aromatic amines is 1. The highest BCUT2D eigenvalue weighted by Crippen LogP contribution is 2.22. The topological polar surface area (TPSA) is 77.6 Å². The van der Waals surface area contributed by atoms with Crippen LogP contribution in [-0.4, -0.2) is 46.1 Å². The van der Waals surface area contributed by atoms with E-state index in [1.807, 2.05) is 54.6 Å². The molecule has 5 rings (SSSR count). The van der Waals surface area contributed by atoms with Gasteiger partial charge in [0.15, 0.2) is 0 Å². The Morgan fingerprint density at radius 1 is 1.03 bits per heavy atom. The minimum atomic E-state index is -0.569. The van der Waals surface area contributed by atoms with Gasteiger partial charge in [-0.1, -0.05) is 48.5 Å². The van der Waals surface area contributed by atoms with Crippen LogP contribution < -0.4 is 10.1 Å². The van der Waals surface area contributed by atoms with Crippen LogP contribution >= 0.6 is 0 Å². The summed E-state index contributed by atoms with van der Waals surface area (Å²) in [5.41, 5.74) is 4.00. The Labute approximate surface area is 205 Å². The molecule has 0 aliphatic carbocycles. The maximum absolute atomic E-state index is 13.0. The van der Waals surface area contributed by atoms with E-state index in [0.717, 1.165) is 30.6 Å². The normalized spacial score (nSPS) is 18.8. The van der Waals surface area contributed by atoms with Crippen LogP contribution in [0.15, 0.2) is 85.1 Å². The maximum Gasteiger partial charge on any atom is 0.251 e. The number of ether oxygens (including phenoxy) is 1. The first kappa shape index (κ1) is 23.1. The number of carbonyl (C=O) groups is 1. The van der Waals surface area contributed by atoms with Crippen LogP contribution in [0.2, 0.25) is 0 Å². The molecule has 0 bridgehead atoms. The Kier molecular flexibility index (Phi) is 7.12. The average Bonchev–Trinajstić information content (AvgIpc) is 3.21. The molecule has 0 saturated carbocycles. The smallest absolute Gasteiger partial charge is 0.251 e. The molecule has 0 spiro atoms. The second-order valence-electron chi connectivity index (χ2n) is 9.18. The highest BCUT2D eigenvalue weighted by molar-refractivity contribution is 5.94. The lowest BCUT2D eigenvalue weighted by atomic mass is 10.1. The van der Waals surface area contributed by atoms with Gasteiger partial charge >= 0.3 is 0 Å². The van der Waals surface area contributed by atoms with Crippen LogP contribution in [0.25, 0.3) is 10.9 Å². The molecular formula is C29H31N3O3.